The van der Waals surface area contributed by atoms with Crippen molar-refractivity contribution < 1.29 is 54.1 Å². The van der Waals surface area contributed by atoms with Gasteiger partial charge >= 0.3 is 5.97 Å². The first-order chi connectivity index (χ1) is 16.1. The van der Waals surface area contributed by atoms with E-state index in [0.717, 1.165) is 13.0 Å². The van der Waals surface area contributed by atoms with Crippen molar-refractivity contribution in [1.29, 1.82) is 0 Å². The molecule has 0 aliphatic carbocycles. The molecule has 2 heterocycles. The SMILES string of the molecule is CC(=O)OCC1O[C@@H](Oc2cc(O)c3c(c2)O[C@H](c2ccc(O)cc2)CC3=O)C(O)[C@@H](O)[C@@H]1O. The number of aliphatic hydroxyl groups is 3. The van der Waals surface area contributed by atoms with Crippen molar-refractivity contribution in [2.24, 2.45) is 0 Å². The molecular weight excluding hydrogens is 452 g/mol. The molecule has 2 aliphatic heterocycles. The fourth-order valence-corrected chi connectivity index (χ4v) is 3.84. The van der Waals surface area contributed by atoms with Crippen LogP contribution < -0.4 is 9.47 Å². The highest BCUT2D eigenvalue weighted by atomic mass is 16.7. The number of phenolic OH excluding ortho intramolecular Hbond substituents is 2. The Hall–Kier alpha value is -3.38. The van der Waals surface area contributed by atoms with Gasteiger partial charge in [-0.25, -0.2) is 0 Å². The Morgan fingerprint density at radius 1 is 1.06 bits per heavy atom. The van der Waals surface area contributed by atoms with Gasteiger partial charge in [0.05, 0.1) is 6.42 Å². The summed E-state index contributed by atoms with van der Waals surface area (Å²) in [5, 5.41) is 50.4. The Morgan fingerprint density at radius 3 is 2.44 bits per heavy atom. The molecule has 0 bridgehead atoms. The number of aliphatic hydroxyl groups excluding tert-OH is 3. The molecule has 2 unspecified atom stereocenters. The predicted molar refractivity (Wildman–Crippen MR) is 112 cm³/mol. The molecule has 2 aliphatic rings. The Balaban J connectivity index is 1.56. The highest BCUT2D eigenvalue weighted by Crippen LogP contribution is 2.42. The third-order valence-corrected chi connectivity index (χ3v) is 5.61. The van der Waals surface area contributed by atoms with Crippen LogP contribution >= 0.6 is 0 Å². The van der Waals surface area contributed by atoms with Crippen LogP contribution in [0.2, 0.25) is 0 Å². The first-order valence-electron chi connectivity index (χ1n) is 10.5. The second-order valence-corrected chi connectivity index (χ2v) is 8.08. The standard InChI is InChI=1S/C23H24O11/c1-10(24)31-9-18-20(28)21(29)22(30)23(34-18)32-13-6-14(26)19-15(27)8-16(33-17(19)7-13)11-2-4-12(25)5-3-11/h2-7,16,18,20-23,25-26,28-30H,8-9H2,1H3/t16-,18?,20+,21-,22?,23+/m0/s1. The molecule has 182 valence electrons. The van der Waals surface area contributed by atoms with E-state index in [0.29, 0.717) is 5.56 Å². The quantitative estimate of drug-likeness (QED) is 0.382. The molecule has 11 nitrogen and oxygen atoms in total. The van der Waals surface area contributed by atoms with Crippen molar-refractivity contribution in [1.82, 2.24) is 0 Å². The van der Waals surface area contributed by atoms with Gasteiger partial charge in [-0.3, -0.25) is 9.59 Å². The second-order valence-electron chi connectivity index (χ2n) is 8.08. The van der Waals surface area contributed by atoms with Gasteiger partial charge in [0.1, 0.15) is 65.7 Å². The maximum absolute atomic E-state index is 12.7. The molecule has 0 aromatic heterocycles. The van der Waals surface area contributed by atoms with E-state index in [9.17, 15) is 35.1 Å². The van der Waals surface area contributed by atoms with Crippen LogP contribution in [0.5, 0.6) is 23.0 Å². The molecule has 34 heavy (non-hydrogen) atoms. The molecule has 0 spiro atoms. The number of carbonyl (C=O) groups excluding carboxylic acids is 2. The number of phenols is 2. The molecule has 6 atom stereocenters. The van der Waals surface area contributed by atoms with E-state index in [1.807, 2.05) is 0 Å². The largest absolute Gasteiger partial charge is 0.508 e. The highest BCUT2D eigenvalue weighted by molar-refractivity contribution is 6.02. The van der Waals surface area contributed by atoms with Gasteiger partial charge in [-0.1, -0.05) is 12.1 Å². The normalized spacial score (nSPS) is 28.5. The summed E-state index contributed by atoms with van der Waals surface area (Å²) in [6.45, 7) is 0.776. The lowest BCUT2D eigenvalue weighted by atomic mass is 9.95. The van der Waals surface area contributed by atoms with Gasteiger partial charge in [-0.05, 0) is 17.7 Å². The number of carbonyl (C=O) groups is 2. The molecule has 4 rings (SSSR count). The average molecular weight is 476 g/mol. The molecule has 1 saturated heterocycles. The van der Waals surface area contributed by atoms with Crippen molar-refractivity contribution in [3.8, 4) is 23.0 Å². The Morgan fingerprint density at radius 2 is 1.76 bits per heavy atom. The van der Waals surface area contributed by atoms with Crippen LogP contribution in [0.3, 0.4) is 0 Å². The Kier molecular flexibility index (Phi) is 6.62. The molecule has 2 aromatic rings. The second kappa shape index (κ2) is 9.47. The summed E-state index contributed by atoms with van der Waals surface area (Å²) in [7, 11) is 0. The molecule has 11 heteroatoms. The number of aromatic hydroxyl groups is 2. The maximum Gasteiger partial charge on any atom is 0.302 e. The van der Waals surface area contributed by atoms with Crippen molar-refractivity contribution >= 4 is 11.8 Å². The lowest BCUT2D eigenvalue weighted by molar-refractivity contribution is -0.278. The molecular formula is C23H24O11. The zero-order valence-electron chi connectivity index (χ0n) is 18.0. The van der Waals surface area contributed by atoms with Gasteiger partial charge in [0.15, 0.2) is 5.78 Å². The summed E-state index contributed by atoms with van der Waals surface area (Å²) >= 11 is 0. The first kappa shape index (κ1) is 23.8. The fourth-order valence-electron chi connectivity index (χ4n) is 3.84. The Bertz CT molecular complexity index is 1070. The van der Waals surface area contributed by atoms with Gasteiger partial charge in [0, 0.05) is 19.1 Å². The number of fused-ring (bicyclic) bond motifs is 1. The van der Waals surface area contributed by atoms with Crippen molar-refractivity contribution in [2.75, 3.05) is 6.61 Å². The van der Waals surface area contributed by atoms with E-state index >= 15 is 0 Å². The minimum Gasteiger partial charge on any atom is -0.508 e. The van der Waals surface area contributed by atoms with E-state index in [1.54, 1.807) is 12.1 Å². The van der Waals surface area contributed by atoms with E-state index in [2.05, 4.69) is 0 Å². The summed E-state index contributed by atoms with van der Waals surface area (Å²) in [6.07, 6.45) is -8.26. The number of rotatable bonds is 5. The van der Waals surface area contributed by atoms with Crippen LogP contribution in [0.15, 0.2) is 36.4 Å². The lowest BCUT2D eigenvalue weighted by Gasteiger charge is -2.40. The molecule has 5 N–H and O–H groups in total. The topological polar surface area (TPSA) is 172 Å². The first-order valence-corrected chi connectivity index (χ1v) is 10.5. The van der Waals surface area contributed by atoms with E-state index in [4.69, 9.17) is 18.9 Å². The maximum atomic E-state index is 12.7. The smallest absolute Gasteiger partial charge is 0.302 e. The summed E-state index contributed by atoms with van der Waals surface area (Å²) in [5.41, 5.74) is 0.606. The number of ether oxygens (including phenoxy) is 4. The summed E-state index contributed by atoms with van der Waals surface area (Å²) < 4.78 is 21.8. The van der Waals surface area contributed by atoms with Crippen LogP contribution in [0, 0.1) is 0 Å². The van der Waals surface area contributed by atoms with Crippen LogP contribution in [-0.4, -0.2) is 74.6 Å². The van der Waals surface area contributed by atoms with E-state index in [-0.39, 0.29) is 41.6 Å². The van der Waals surface area contributed by atoms with Crippen molar-refractivity contribution in [3.05, 3.63) is 47.5 Å². The minimum absolute atomic E-state index is 0.0299. The van der Waals surface area contributed by atoms with Gasteiger partial charge in [-0.15, -0.1) is 0 Å². The third-order valence-electron chi connectivity index (χ3n) is 5.61. The Labute approximate surface area is 193 Å². The van der Waals surface area contributed by atoms with Gasteiger partial charge in [-0.2, -0.15) is 0 Å². The van der Waals surface area contributed by atoms with Crippen molar-refractivity contribution in [3.63, 3.8) is 0 Å². The molecule has 0 radical (unpaired) electrons. The zero-order valence-corrected chi connectivity index (χ0v) is 18.0. The van der Waals surface area contributed by atoms with E-state index < -0.39 is 48.5 Å². The number of benzene rings is 2. The van der Waals surface area contributed by atoms with Crippen molar-refractivity contribution in [2.45, 2.75) is 50.2 Å². The monoisotopic (exact) mass is 476 g/mol. The third kappa shape index (κ3) is 4.77. The molecule has 2 aromatic carbocycles. The highest BCUT2D eigenvalue weighted by Gasteiger charge is 2.45. The fraction of sp³-hybridized carbons (Fsp3) is 0.391. The van der Waals surface area contributed by atoms with Crippen LogP contribution in [0.25, 0.3) is 0 Å². The number of Topliss-reactive ketones (excluding diaryl/α,β-unsaturated/α-hetero) is 1. The summed E-state index contributed by atoms with van der Waals surface area (Å²) in [5.74, 6) is -1.36. The number of hydrogen-bond acceptors (Lipinski definition) is 11. The molecule has 0 saturated carbocycles. The van der Waals surface area contributed by atoms with E-state index in [1.165, 1.54) is 18.2 Å². The molecule has 0 amide bonds. The zero-order chi connectivity index (χ0) is 24.6. The lowest BCUT2D eigenvalue weighted by Crippen LogP contribution is -2.60. The number of ketones is 1. The molecule has 1 fully saturated rings. The van der Waals surface area contributed by atoms with Gasteiger partial charge < -0.3 is 44.5 Å². The minimum atomic E-state index is -1.67. The van der Waals surface area contributed by atoms with Gasteiger partial charge in [0.25, 0.3) is 0 Å². The number of hydrogen-bond donors (Lipinski definition) is 5. The van der Waals surface area contributed by atoms with Crippen LogP contribution in [0.1, 0.15) is 35.4 Å². The summed E-state index contributed by atoms with van der Waals surface area (Å²) in [4.78, 5) is 23.7. The average Bonchev–Trinajstić information content (AvgIpc) is 2.78. The summed E-state index contributed by atoms with van der Waals surface area (Å²) in [6, 6.07) is 8.61. The predicted octanol–water partition coefficient (Wildman–Crippen LogP) is 0.554. The van der Waals surface area contributed by atoms with Crippen LogP contribution in [-0.2, 0) is 14.3 Å². The van der Waals surface area contributed by atoms with Gasteiger partial charge in [0.2, 0.25) is 6.29 Å². The van der Waals surface area contributed by atoms with Crippen LogP contribution in [0.4, 0.5) is 0 Å². The number of esters is 1.